The van der Waals surface area contributed by atoms with E-state index < -0.39 is 0 Å². The molecule has 1 heterocycles. The van der Waals surface area contributed by atoms with E-state index in [1.54, 1.807) is 0 Å². The van der Waals surface area contributed by atoms with Crippen LogP contribution >= 0.6 is 0 Å². The van der Waals surface area contributed by atoms with Gasteiger partial charge in [-0.15, -0.1) is 0 Å². The molecule has 0 atom stereocenters. The number of nitrogens with zero attached hydrogens (tertiary/aromatic N) is 2. The fraction of sp³-hybridized carbons (Fsp3) is 0.929. The van der Waals surface area contributed by atoms with E-state index in [2.05, 4.69) is 22.0 Å². The minimum atomic E-state index is -0.0204. The third-order valence-corrected chi connectivity index (χ3v) is 3.46. The molecule has 0 aromatic rings. The number of hydrogen-bond donors (Lipinski definition) is 1. The van der Waals surface area contributed by atoms with Crippen molar-refractivity contribution in [3.63, 3.8) is 0 Å². The molecule has 0 saturated carbocycles. The molecule has 1 aliphatic rings. The van der Waals surface area contributed by atoms with Crippen molar-refractivity contribution in [2.24, 2.45) is 0 Å². The van der Waals surface area contributed by atoms with E-state index in [4.69, 9.17) is 9.47 Å². The highest BCUT2D eigenvalue weighted by molar-refractivity contribution is 5.72. The number of ether oxygens (including phenoxy) is 2. The second-order valence-corrected chi connectivity index (χ2v) is 4.98. The highest BCUT2D eigenvalue weighted by Crippen LogP contribution is 2.00. The van der Waals surface area contributed by atoms with E-state index in [-0.39, 0.29) is 5.91 Å². The topological polar surface area (TPSA) is 54.0 Å². The van der Waals surface area contributed by atoms with Crippen LogP contribution in [-0.2, 0) is 14.3 Å². The third kappa shape index (κ3) is 8.47. The van der Waals surface area contributed by atoms with E-state index in [0.717, 1.165) is 32.8 Å². The maximum Gasteiger partial charge on any atom is 0.216 e. The average Bonchev–Trinajstić information content (AvgIpc) is 2.46. The zero-order valence-corrected chi connectivity index (χ0v) is 12.9. The van der Waals surface area contributed by atoms with Gasteiger partial charge in [0.25, 0.3) is 0 Å². The molecule has 1 amide bonds. The summed E-state index contributed by atoms with van der Waals surface area (Å²) in [7, 11) is 0. The molecule has 6 nitrogen and oxygen atoms in total. The molecular weight excluding hydrogens is 258 g/mol. The molecule has 1 fully saturated rings. The molecular formula is C14H29N3O3. The van der Waals surface area contributed by atoms with Crippen LogP contribution in [-0.4, -0.2) is 87.9 Å². The minimum Gasteiger partial charge on any atom is -0.378 e. The number of piperazine rings is 1. The molecule has 0 aliphatic carbocycles. The maximum atomic E-state index is 10.6. The summed E-state index contributed by atoms with van der Waals surface area (Å²) in [5, 5.41) is 2.68. The van der Waals surface area contributed by atoms with Crippen molar-refractivity contribution in [3.05, 3.63) is 0 Å². The predicted molar refractivity (Wildman–Crippen MR) is 78.9 cm³/mol. The highest BCUT2D eigenvalue weighted by atomic mass is 16.5. The Morgan fingerprint density at radius 1 is 1.00 bits per heavy atom. The van der Waals surface area contributed by atoms with E-state index in [0.29, 0.717) is 26.4 Å². The Labute approximate surface area is 122 Å². The van der Waals surface area contributed by atoms with E-state index in [1.165, 1.54) is 20.0 Å². The van der Waals surface area contributed by atoms with Gasteiger partial charge in [-0.3, -0.25) is 9.69 Å². The van der Waals surface area contributed by atoms with Gasteiger partial charge in [0, 0.05) is 46.2 Å². The van der Waals surface area contributed by atoms with Gasteiger partial charge in [-0.2, -0.15) is 0 Å². The number of carbonyl (C=O) groups excluding carboxylic acids is 1. The molecule has 1 rings (SSSR count). The summed E-state index contributed by atoms with van der Waals surface area (Å²) >= 11 is 0. The van der Waals surface area contributed by atoms with Crippen LogP contribution in [0.5, 0.6) is 0 Å². The van der Waals surface area contributed by atoms with Gasteiger partial charge in [0.2, 0.25) is 5.91 Å². The van der Waals surface area contributed by atoms with E-state index in [9.17, 15) is 4.79 Å². The van der Waals surface area contributed by atoms with Crippen LogP contribution in [0.15, 0.2) is 0 Å². The van der Waals surface area contributed by atoms with Crippen molar-refractivity contribution >= 4 is 5.91 Å². The molecule has 0 bridgehead atoms. The van der Waals surface area contributed by atoms with Crippen molar-refractivity contribution in [2.75, 3.05) is 72.2 Å². The second-order valence-electron chi connectivity index (χ2n) is 4.98. The molecule has 6 heteroatoms. The Balaban J connectivity index is 1.82. The van der Waals surface area contributed by atoms with Crippen molar-refractivity contribution in [2.45, 2.75) is 13.8 Å². The minimum absolute atomic E-state index is 0.0204. The van der Waals surface area contributed by atoms with Crippen molar-refractivity contribution < 1.29 is 14.3 Å². The molecule has 0 spiro atoms. The average molecular weight is 287 g/mol. The lowest BCUT2D eigenvalue weighted by Crippen LogP contribution is -2.47. The largest absolute Gasteiger partial charge is 0.378 e. The van der Waals surface area contributed by atoms with Crippen LogP contribution in [0.4, 0.5) is 0 Å². The molecule has 1 aliphatic heterocycles. The lowest BCUT2D eigenvalue weighted by molar-refractivity contribution is -0.119. The van der Waals surface area contributed by atoms with Gasteiger partial charge >= 0.3 is 0 Å². The zero-order chi connectivity index (χ0) is 14.6. The molecule has 0 radical (unpaired) electrons. The quantitative estimate of drug-likeness (QED) is 0.564. The van der Waals surface area contributed by atoms with Crippen molar-refractivity contribution in [3.8, 4) is 0 Å². The SMILES string of the molecule is CCN1CCN(CCOCCOCCNC(C)=O)CC1. The first-order valence-electron chi connectivity index (χ1n) is 7.57. The standard InChI is InChI=1S/C14H29N3O3/c1-3-16-5-7-17(8-6-16)9-11-20-13-12-19-10-4-15-14(2)18/h3-13H2,1-2H3,(H,15,18). The summed E-state index contributed by atoms with van der Waals surface area (Å²) in [5.74, 6) is -0.0204. The normalized spacial score (nSPS) is 17.3. The van der Waals surface area contributed by atoms with Gasteiger partial charge in [-0.1, -0.05) is 6.92 Å². The van der Waals surface area contributed by atoms with E-state index in [1.807, 2.05) is 0 Å². The summed E-state index contributed by atoms with van der Waals surface area (Å²) < 4.78 is 10.9. The van der Waals surface area contributed by atoms with Gasteiger partial charge in [0.05, 0.1) is 26.4 Å². The zero-order valence-electron chi connectivity index (χ0n) is 12.9. The van der Waals surface area contributed by atoms with Gasteiger partial charge in [0.15, 0.2) is 0 Å². The molecule has 0 aromatic heterocycles. The first-order valence-corrected chi connectivity index (χ1v) is 7.57. The van der Waals surface area contributed by atoms with Crippen LogP contribution in [0.25, 0.3) is 0 Å². The fourth-order valence-corrected chi connectivity index (χ4v) is 2.14. The summed E-state index contributed by atoms with van der Waals surface area (Å²) in [6, 6.07) is 0. The summed E-state index contributed by atoms with van der Waals surface area (Å²) in [5.41, 5.74) is 0. The Morgan fingerprint density at radius 3 is 2.20 bits per heavy atom. The van der Waals surface area contributed by atoms with Crippen molar-refractivity contribution in [1.82, 2.24) is 15.1 Å². The number of carbonyl (C=O) groups is 1. The van der Waals surface area contributed by atoms with Crippen LogP contribution in [0.1, 0.15) is 13.8 Å². The Hall–Kier alpha value is -0.690. The maximum absolute atomic E-state index is 10.6. The van der Waals surface area contributed by atoms with Gasteiger partial charge in [-0.25, -0.2) is 0 Å². The Bertz CT molecular complexity index is 256. The first-order chi connectivity index (χ1) is 9.72. The van der Waals surface area contributed by atoms with Crippen LogP contribution < -0.4 is 5.32 Å². The van der Waals surface area contributed by atoms with Crippen molar-refractivity contribution in [1.29, 1.82) is 0 Å². The number of likely N-dealkylation sites (N-methyl/N-ethyl adjacent to an activating group) is 1. The van der Waals surface area contributed by atoms with Crippen LogP contribution in [0, 0.1) is 0 Å². The van der Waals surface area contributed by atoms with Gasteiger partial charge in [-0.05, 0) is 6.54 Å². The fourth-order valence-electron chi connectivity index (χ4n) is 2.14. The van der Waals surface area contributed by atoms with Crippen LogP contribution in [0.2, 0.25) is 0 Å². The lowest BCUT2D eigenvalue weighted by atomic mass is 10.3. The van der Waals surface area contributed by atoms with E-state index >= 15 is 0 Å². The molecule has 1 saturated heterocycles. The monoisotopic (exact) mass is 287 g/mol. The van der Waals surface area contributed by atoms with Gasteiger partial charge < -0.3 is 19.7 Å². The third-order valence-electron chi connectivity index (χ3n) is 3.46. The highest BCUT2D eigenvalue weighted by Gasteiger charge is 2.14. The molecule has 20 heavy (non-hydrogen) atoms. The number of rotatable bonds is 10. The molecule has 1 N–H and O–H groups in total. The number of hydrogen-bond acceptors (Lipinski definition) is 5. The number of amides is 1. The van der Waals surface area contributed by atoms with Crippen LogP contribution in [0.3, 0.4) is 0 Å². The molecule has 0 aromatic carbocycles. The van der Waals surface area contributed by atoms with Gasteiger partial charge in [0.1, 0.15) is 0 Å². The first kappa shape index (κ1) is 17.4. The molecule has 118 valence electrons. The Morgan fingerprint density at radius 2 is 1.60 bits per heavy atom. The number of nitrogens with one attached hydrogen (secondary N) is 1. The smallest absolute Gasteiger partial charge is 0.216 e. The Kier molecular flexibility index (Phi) is 9.57. The summed E-state index contributed by atoms with van der Waals surface area (Å²) in [4.78, 5) is 15.5. The molecule has 0 unspecified atom stereocenters. The second kappa shape index (κ2) is 11.0. The summed E-state index contributed by atoms with van der Waals surface area (Å²) in [6.07, 6.45) is 0. The lowest BCUT2D eigenvalue weighted by Gasteiger charge is -2.33. The predicted octanol–water partition coefficient (Wildman–Crippen LogP) is -0.207. The summed E-state index contributed by atoms with van der Waals surface area (Å²) in [6.45, 7) is 13.6.